The van der Waals surface area contributed by atoms with Gasteiger partial charge in [-0.1, -0.05) is 12.8 Å². The van der Waals surface area contributed by atoms with Gasteiger partial charge in [0.05, 0.1) is 0 Å². The zero-order chi connectivity index (χ0) is 9.80. The van der Waals surface area contributed by atoms with Gasteiger partial charge in [0, 0.05) is 17.8 Å². The number of carbonyl (C=O) groups is 1. The van der Waals surface area contributed by atoms with E-state index in [-0.39, 0.29) is 6.03 Å². The molecule has 3 nitrogen and oxygen atoms in total. The molecular weight excluding hydrogens is 196 g/mol. The molecule has 1 heterocycles. The minimum absolute atomic E-state index is 0.0457. The van der Waals surface area contributed by atoms with E-state index in [4.69, 9.17) is 0 Å². The van der Waals surface area contributed by atoms with E-state index < -0.39 is 0 Å². The van der Waals surface area contributed by atoms with Crippen molar-refractivity contribution in [3.05, 3.63) is 0 Å². The number of nitrogens with one attached hydrogen (secondary N) is 2. The van der Waals surface area contributed by atoms with Crippen molar-refractivity contribution in [2.24, 2.45) is 0 Å². The average molecular weight is 214 g/mol. The number of thioether (sulfide) groups is 1. The average Bonchev–Trinajstić information content (AvgIpc) is 2.76. The standard InChI is InChI=1S/C10H18N2OS/c13-10(11-8-3-1-2-4-8)12-9-5-6-14-7-9/h8-9H,1-7H2,(H2,11,12,13). The summed E-state index contributed by atoms with van der Waals surface area (Å²) < 4.78 is 0. The van der Waals surface area contributed by atoms with Crippen molar-refractivity contribution >= 4 is 17.8 Å². The van der Waals surface area contributed by atoms with Gasteiger partial charge in [-0.05, 0) is 25.0 Å². The zero-order valence-corrected chi connectivity index (χ0v) is 9.24. The smallest absolute Gasteiger partial charge is 0.315 e. The maximum absolute atomic E-state index is 11.5. The summed E-state index contributed by atoms with van der Waals surface area (Å²) in [6.07, 6.45) is 5.98. The van der Waals surface area contributed by atoms with E-state index in [2.05, 4.69) is 10.6 Å². The van der Waals surface area contributed by atoms with E-state index in [1.165, 1.54) is 18.6 Å². The van der Waals surface area contributed by atoms with Crippen LogP contribution in [0.5, 0.6) is 0 Å². The van der Waals surface area contributed by atoms with Crippen LogP contribution >= 0.6 is 11.8 Å². The van der Waals surface area contributed by atoms with Crippen molar-refractivity contribution in [1.82, 2.24) is 10.6 Å². The van der Waals surface area contributed by atoms with E-state index >= 15 is 0 Å². The highest BCUT2D eigenvalue weighted by molar-refractivity contribution is 7.99. The van der Waals surface area contributed by atoms with Gasteiger partial charge in [0.25, 0.3) is 0 Å². The lowest BCUT2D eigenvalue weighted by molar-refractivity contribution is 0.234. The Bertz CT molecular complexity index is 178. The molecule has 80 valence electrons. The number of rotatable bonds is 2. The first kappa shape index (κ1) is 10.1. The molecule has 0 aromatic carbocycles. The molecule has 0 spiro atoms. The largest absolute Gasteiger partial charge is 0.335 e. The Morgan fingerprint density at radius 1 is 1.07 bits per heavy atom. The Hall–Kier alpha value is -0.380. The number of urea groups is 1. The van der Waals surface area contributed by atoms with Crippen molar-refractivity contribution < 1.29 is 4.79 Å². The van der Waals surface area contributed by atoms with Crippen LogP contribution in [0, 0.1) is 0 Å². The Morgan fingerprint density at radius 2 is 1.79 bits per heavy atom. The molecule has 0 bridgehead atoms. The van der Waals surface area contributed by atoms with Gasteiger partial charge >= 0.3 is 6.03 Å². The van der Waals surface area contributed by atoms with Gasteiger partial charge in [0.2, 0.25) is 0 Å². The van der Waals surface area contributed by atoms with Crippen LogP contribution in [0.4, 0.5) is 4.79 Å². The highest BCUT2D eigenvalue weighted by atomic mass is 32.2. The van der Waals surface area contributed by atoms with Crippen LogP contribution in [-0.4, -0.2) is 29.6 Å². The molecule has 2 aliphatic rings. The van der Waals surface area contributed by atoms with Crippen LogP contribution in [0.25, 0.3) is 0 Å². The molecule has 2 rings (SSSR count). The van der Waals surface area contributed by atoms with Gasteiger partial charge in [-0.3, -0.25) is 0 Å². The van der Waals surface area contributed by atoms with Crippen LogP contribution < -0.4 is 10.6 Å². The normalized spacial score (nSPS) is 27.9. The van der Waals surface area contributed by atoms with Gasteiger partial charge in [-0.25, -0.2) is 4.79 Å². The molecule has 1 unspecified atom stereocenters. The van der Waals surface area contributed by atoms with Gasteiger partial charge in [-0.15, -0.1) is 0 Å². The van der Waals surface area contributed by atoms with Crippen molar-refractivity contribution in [3.8, 4) is 0 Å². The van der Waals surface area contributed by atoms with Gasteiger partial charge in [-0.2, -0.15) is 11.8 Å². The van der Waals surface area contributed by atoms with Crippen LogP contribution in [0.1, 0.15) is 32.1 Å². The summed E-state index contributed by atoms with van der Waals surface area (Å²) in [4.78, 5) is 11.5. The van der Waals surface area contributed by atoms with Crippen molar-refractivity contribution in [2.75, 3.05) is 11.5 Å². The molecule has 2 fully saturated rings. The van der Waals surface area contributed by atoms with E-state index in [1.807, 2.05) is 11.8 Å². The number of hydrogen-bond acceptors (Lipinski definition) is 2. The molecule has 1 aliphatic carbocycles. The lowest BCUT2D eigenvalue weighted by atomic mass is 10.2. The minimum Gasteiger partial charge on any atom is -0.335 e. The van der Waals surface area contributed by atoms with Gasteiger partial charge in [0.15, 0.2) is 0 Å². The predicted molar refractivity (Wildman–Crippen MR) is 59.7 cm³/mol. The monoisotopic (exact) mass is 214 g/mol. The first-order valence-electron chi connectivity index (χ1n) is 5.49. The zero-order valence-electron chi connectivity index (χ0n) is 8.42. The summed E-state index contributed by atoms with van der Waals surface area (Å²) in [7, 11) is 0. The van der Waals surface area contributed by atoms with E-state index in [9.17, 15) is 4.79 Å². The quantitative estimate of drug-likeness (QED) is 0.735. The van der Waals surface area contributed by atoms with Crippen molar-refractivity contribution in [2.45, 2.75) is 44.2 Å². The Labute approximate surface area is 89.4 Å². The summed E-state index contributed by atoms with van der Waals surface area (Å²) in [5.41, 5.74) is 0. The number of carbonyl (C=O) groups excluding carboxylic acids is 1. The number of amides is 2. The predicted octanol–water partition coefficient (Wildman–Crippen LogP) is 1.73. The Kier molecular flexibility index (Phi) is 3.56. The fourth-order valence-electron chi connectivity index (χ4n) is 2.13. The molecule has 2 amide bonds. The highest BCUT2D eigenvalue weighted by Gasteiger charge is 2.20. The molecule has 1 atom stereocenters. The van der Waals surface area contributed by atoms with Crippen LogP contribution in [0.15, 0.2) is 0 Å². The molecule has 14 heavy (non-hydrogen) atoms. The first-order chi connectivity index (χ1) is 6.84. The maximum atomic E-state index is 11.5. The summed E-state index contributed by atoms with van der Waals surface area (Å²) in [6.45, 7) is 0. The summed E-state index contributed by atoms with van der Waals surface area (Å²) in [5, 5.41) is 6.08. The molecule has 0 aromatic rings. The third-order valence-corrected chi connectivity index (χ3v) is 4.12. The third kappa shape index (κ3) is 2.80. The molecular formula is C10H18N2OS. The minimum atomic E-state index is 0.0457. The van der Waals surface area contributed by atoms with Gasteiger partial charge < -0.3 is 10.6 Å². The van der Waals surface area contributed by atoms with Crippen molar-refractivity contribution in [1.29, 1.82) is 0 Å². The Morgan fingerprint density at radius 3 is 2.43 bits per heavy atom. The summed E-state index contributed by atoms with van der Waals surface area (Å²) in [5.74, 6) is 2.27. The second kappa shape index (κ2) is 4.91. The second-order valence-corrected chi connectivity index (χ2v) is 5.31. The van der Waals surface area contributed by atoms with Crippen LogP contribution in [0.2, 0.25) is 0 Å². The molecule has 2 N–H and O–H groups in total. The SMILES string of the molecule is O=C(NC1CCCC1)NC1CCSC1. The van der Waals surface area contributed by atoms with Gasteiger partial charge in [0.1, 0.15) is 0 Å². The second-order valence-electron chi connectivity index (χ2n) is 4.16. The molecule has 0 aromatic heterocycles. The molecule has 1 saturated carbocycles. The van der Waals surface area contributed by atoms with E-state index in [0.29, 0.717) is 12.1 Å². The van der Waals surface area contributed by atoms with E-state index in [0.717, 1.165) is 25.0 Å². The Balaban J connectivity index is 1.66. The third-order valence-electron chi connectivity index (χ3n) is 2.96. The molecule has 1 saturated heterocycles. The van der Waals surface area contributed by atoms with Crippen LogP contribution in [-0.2, 0) is 0 Å². The fourth-order valence-corrected chi connectivity index (χ4v) is 3.28. The number of hydrogen-bond donors (Lipinski definition) is 2. The maximum Gasteiger partial charge on any atom is 0.315 e. The lowest BCUT2D eigenvalue weighted by Crippen LogP contribution is -2.45. The van der Waals surface area contributed by atoms with E-state index in [1.54, 1.807) is 0 Å². The lowest BCUT2D eigenvalue weighted by Gasteiger charge is -2.16. The summed E-state index contributed by atoms with van der Waals surface area (Å²) >= 11 is 1.92. The fraction of sp³-hybridized carbons (Fsp3) is 0.900. The first-order valence-corrected chi connectivity index (χ1v) is 6.65. The topological polar surface area (TPSA) is 41.1 Å². The van der Waals surface area contributed by atoms with Crippen LogP contribution in [0.3, 0.4) is 0 Å². The molecule has 0 radical (unpaired) electrons. The molecule has 1 aliphatic heterocycles. The van der Waals surface area contributed by atoms with Crippen molar-refractivity contribution in [3.63, 3.8) is 0 Å². The highest BCUT2D eigenvalue weighted by Crippen LogP contribution is 2.18. The molecule has 4 heteroatoms. The summed E-state index contributed by atoms with van der Waals surface area (Å²) in [6, 6.07) is 0.884.